The van der Waals surface area contributed by atoms with E-state index in [9.17, 15) is 0 Å². The molecule has 4 nitrogen and oxygen atoms in total. The molecule has 1 aromatic heterocycles. The number of anilines is 1. The average Bonchev–Trinajstić information content (AvgIpc) is 2.06. The molecular weight excluding hydrogens is 160 g/mol. The summed E-state index contributed by atoms with van der Waals surface area (Å²) < 4.78 is 0. The lowest BCUT2D eigenvalue weighted by Crippen LogP contribution is -2.34. The molecule has 0 spiro atoms. The summed E-state index contributed by atoms with van der Waals surface area (Å²) in [7, 11) is 0. The zero-order valence-corrected chi connectivity index (χ0v) is 6.56. The molecule has 58 valence electrons. The van der Waals surface area contributed by atoms with E-state index in [1.54, 1.807) is 24.5 Å². The molecule has 0 aliphatic heterocycles. The molecule has 0 radical (unpaired) electrons. The van der Waals surface area contributed by atoms with Gasteiger partial charge in [-0.1, -0.05) is 0 Å². The Hall–Kier alpha value is -1.20. The fourth-order valence-electron chi connectivity index (χ4n) is 0.602. The van der Waals surface area contributed by atoms with Crippen molar-refractivity contribution >= 4 is 23.0 Å². The van der Waals surface area contributed by atoms with Crippen LogP contribution in [0, 0.1) is 0 Å². The predicted octanol–water partition coefficient (Wildman–Crippen LogP) is 0.242. The third-order valence-electron chi connectivity index (χ3n) is 1.07. The highest BCUT2D eigenvalue weighted by Gasteiger charge is 1.91. The lowest BCUT2D eigenvalue weighted by Gasteiger charge is -2.04. The van der Waals surface area contributed by atoms with Crippen LogP contribution in [0.25, 0.3) is 0 Å². The molecule has 1 heterocycles. The molecule has 0 aliphatic carbocycles. The number of hydrogen-bond acceptors (Lipinski definition) is 3. The normalized spacial score (nSPS) is 8.82. The maximum Gasteiger partial charge on any atom is 0.185 e. The van der Waals surface area contributed by atoms with Gasteiger partial charge in [-0.25, -0.2) is 5.84 Å². The van der Waals surface area contributed by atoms with Gasteiger partial charge in [-0.05, 0) is 24.4 Å². The highest BCUT2D eigenvalue weighted by molar-refractivity contribution is 7.80. The molecule has 0 unspecified atom stereocenters. The molecule has 5 heteroatoms. The summed E-state index contributed by atoms with van der Waals surface area (Å²) >= 11 is 4.77. The molecule has 0 aliphatic rings. The van der Waals surface area contributed by atoms with Crippen molar-refractivity contribution in [2.24, 2.45) is 5.84 Å². The summed E-state index contributed by atoms with van der Waals surface area (Å²) in [4.78, 5) is 3.84. The minimum absolute atomic E-state index is 0.385. The number of aromatic nitrogens is 1. The Morgan fingerprint density at radius 3 is 2.64 bits per heavy atom. The van der Waals surface area contributed by atoms with Crippen molar-refractivity contribution in [3.05, 3.63) is 24.5 Å². The fraction of sp³-hybridized carbons (Fsp3) is 0. The van der Waals surface area contributed by atoms with E-state index in [-0.39, 0.29) is 0 Å². The minimum atomic E-state index is 0.385. The number of rotatable bonds is 1. The van der Waals surface area contributed by atoms with Crippen LogP contribution in [-0.2, 0) is 0 Å². The van der Waals surface area contributed by atoms with E-state index in [0.29, 0.717) is 5.11 Å². The van der Waals surface area contributed by atoms with Crippen LogP contribution in [0.2, 0.25) is 0 Å². The van der Waals surface area contributed by atoms with Crippen LogP contribution in [0.15, 0.2) is 24.5 Å². The summed E-state index contributed by atoms with van der Waals surface area (Å²) in [5.41, 5.74) is 3.18. The monoisotopic (exact) mass is 168 g/mol. The van der Waals surface area contributed by atoms with Gasteiger partial charge in [0.05, 0.1) is 0 Å². The highest BCUT2D eigenvalue weighted by atomic mass is 32.1. The van der Waals surface area contributed by atoms with Crippen LogP contribution in [0.5, 0.6) is 0 Å². The van der Waals surface area contributed by atoms with Gasteiger partial charge in [-0.3, -0.25) is 4.98 Å². The van der Waals surface area contributed by atoms with Crippen LogP contribution in [-0.4, -0.2) is 10.1 Å². The lowest BCUT2D eigenvalue weighted by atomic mass is 10.4. The number of thiocarbonyl (C=S) groups is 1. The largest absolute Gasteiger partial charge is 0.332 e. The number of hydrazine groups is 1. The molecule has 0 amide bonds. The van der Waals surface area contributed by atoms with Gasteiger partial charge < -0.3 is 10.7 Å². The molecular formula is C6H8N4S. The number of nitrogens with zero attached hydrogens (tertiary/aromatic N) is 1. The Bertz CT molecular complexity index is 236. The summed E-state index contributed by atoms with van der Waals surface area (Å²) in [5, 5.41) is 3.23. The Labute approximate surface area is 69.8 Å². The van der Waals surface area contributed by atoms with Gasteiger partial charge in [0.25, 0.3) is 0 Å². The molecule has 0 aromatic carbocycles. The molecule has 4 N–H and O–H groups in total. The Balaban J connectivity index is 2.58. The van der Waals surface area contributed by atoms with E-state index in [1.807, 2.05) is 0 Å². The number of nitrogens with two attached hydrogens (primary N) is 1. The second kappa shape index (κ2) is 3.85. The van der Waals surface area contributed by atoms with Crippen molar-refractivity contribution in [2.75, 3.05) is 5.32 Å². The van der Waals surface area contributed by atoms with E-state index in [2.05, 4.69) is 15.7 Å². The smallest absolute Gasteiger partial charge is 0.185 e. The third kappa shape index (κ3) is 2.48. The van der Waals surface area contributed by atoms with Gasteiger partial charge in [0.15, 0.2) is 5.11 Å². The molecule has 0 fully saturated rings. The zero-order chi connectivity index (χ0) is 8.10. The Morgan fingerprint density at radius 1 is 1.45 bits per heavy atom. The maximum atomic E-state index is 5.05. The van der Waals surface area contributed by atoms with Crippen molar-refractivity contribution < 1.29 is 0 Å². The van der Waals surface area contributed by atoms with Crippen molar-refractivity contribution in [2.45, 2.75) is 0 Å². The Kier molecular flexibility index (Phi) is 2.76. The topological polar surface area (TPSA) is 63.0 Å². The summed E-state index contributed by atoms with van der Waals surface area (Å²) in [5.74, 6) is 5.05. The van der Waals surface area contributed by atoms with Crippen molar-refractivity contribution in [1.29, 1.82) is 0 Å². The van der Waals surface area contributed by atoms with E-state index < -0.39 is 0 Å². The molecule has 11 heavy (non-hydrogen) atoms. The first kappa shape index (κ1) is 7.90. The second-order valence-corrected chi connectivity index (χ2v) is 2.24. The quantitative estimate of drug-likeness (QED) is 0.318. The van der Waals surface area contributed by atoms with Crippen molar-refractivity contribution in [3.63, 3.8) is 0 Å². The van der Waals surface area contributed by atoms with E-state index in [0.717, 1.165) is 5.69 Å². The first-order valence-corrected chi connectivity index (χ1v) is 3.41. The lowest BCUT2D eigenvalue weighted by molar-refractivity contribution is 1.04. The number of pyridine rings is 1. The maximum absolute atomic E-state index is 5.05. The number of nitrogens with one attached hydrogen (secondary N) is 2. The third-order valence-corrected chi connectivity index (χ3v) is 1.29. The summed E-state index contributed by atoms with van der Waals surface area (Å²) in [6.07, 6.45) is 3.34. The second-order valence-electron chi connectivity index (χ2n) is 1.83. The van der Waals surface area contributed by atoms with Gasteiger partial charge >= 0.3 is 0 Å². The minimum Gasteiger partial charge on any atom is -0.332 e. The van der Waals surface area contributed by atoms with E-state index in [1.165, 1.54) is 0 Å². The first-order chi connectivity index (χ1) is 5.33. The average molecular weight is 168 g/mol. The van der Waals surface area contributed by atoms with Crippen molar-refractivity contribution in [1.82, 2.24) is 10.4 Å². The molecule has 1 rings (SSSR count). The van der Waals surface area contributed by atoms with E-state index >= 15 is 0 Å². The zero-order valence-electron chi connectivity index (χ0n) is 5.74. The standard InChI is InChI=1S/C6H8N4S/c7-10-6(11)9-5-1-3-8-4-2-5/h1-4H,7H2,(H2,8,9,10,11). The van der Waals surface area contributed by atoms with Gasteiger partial charge in [-0.15, -0.1) is 0 Å². The molecule has 0 saturated carbocycles. The van der Waals surface area contributed by atoms with Crippen LogP contribution in [0.1, 0.15) is 0 Å². The first-order valence-electron chi connectivity index (χ1n) is 3.00. The Morgan fingerprint density at radius 2 is 2.09 bits per heavy atom. The van der Waals surface area contributed by atoms with Crippen LogP contribution < -0.4 is 16.6 Å². The predicted molar refractivity (Wildman–Crippen MR) is 47.8 cm³/mol. The van der Waals surface area contributed by atoms with Gasteiger partial charge in [0.2, 0.25) is 0 Å². The molecule has 0 saturated heterocycles. The number of hydrogen-bond donors (Lipinski definition) is 3. The SMILES string of the molecule is NNC(=S)Nc1ccncc1. The highest BCUT2D eigenvalue weighted by Crippen LogP contribution is 2.01. The van der Waals surface area contributed by atoms with E-state index in [4.69, 9.17) is 18.1 Å². The molecule has 0 atom stereocenters. The summed E-state index contributed by atoms with van der Waals surface area (Å²) in [6, 6.07) is 3.59. The van der Waals surface area contributed by atoms with Crippen molar-refractivity contribution in [3.8, 4) is 0 Å². The molecule has 0 bridgehead atoms. The van der Waals surface area contributed by atoms with Crippen LogP contribution in [0.4, 0.5) is 5.69 Å². The van der Waals surface area contributed by atoms with Crippen LogP contribution in [0.3, 0.4) is 0 Å². The van der Waals surface area contributed by atoms with Gasteiger partial charge in [0, 0.05) is 18.1 Å². The van der Waals surface area contributed by atoms with Gasteiger partial charge in [0.1, 0.15) is 0 Å². The molecule has 1 aromatic rings. The fourth-order valence-corrected chi connectivity index (χ4v) is 0.720. The van der Waals surface area contributed by atoms with Crippen LogP contribution >= 0.6 is 12.2 Å². The van der Waals surface area contributed by atoms with Gasteiger partial charge in [-0.2, -0.15) is 0 Å². The summed E-state index contributed by atoms with van der Waals surface area (Å²) in [6.45, 7) is 0.